The predicted octanol–water partition coefficient (Wildman–Crippen LogP) is 2.25. The Morgan fingerprint density at radius 1 is 1.26 bits per heavy atom. The minimum atomic E-state index is 0.602. The van der Waals surface area contributed by atoms with E-state index in [0.29, 0.717) is 12.5 Å². The number of fused-ring (bicyclic) bond motifs is 1. The summed E-state index contributed by atoms with van der Waals surface area (Å²) in [6, 6.07) is 3.96. The first-order valence-corrected chi connectivity index (χ1v) is 6.12. The van der Waals surface area contributed by atoms with Gasteiger partial charge in [-0.25, -0.2) is 4.52 Å². The number of aryl methyl sites for hydroxylation is 3. The molecule has 0 aliphatic rings. The lowest BCUT2D eigenvalue weighted by atomic mass is 10.2. The van der Waals surface area contributed by atoms with E-state index in [1.807, 2.05) is 39.1 Å². The van der Waals surface area contributed by atoms with Crippen LogP contribution in [0.2, 0.25) is 0 Å². The van der Waals surface area contributed by atoms with Gasteiger partial charge >= 0.3 is 0 Å². The van der Waals surface area contributed by atoms with Gasteiger partial charge in [-0.1, -0.05) is 11.2 Å². The van der Waals surface area contributed by atoms with Crippen LogP contribution in [0.3, 0.4) is 0 Å². The van der Waals surface area contributed by atoms with Crippen LogP contribution in [0.1, 0.15) is 22.6 Å². The lowest BCUT2D eigenvalue weighted by Crippen LogP contribution is -2.03. The molecule has 0 radical (unpaired) electrons. The summed E-state index contributed by atoms with van der Waals surface area (Å²) in [5.74, 6) is 1.43. The van der Waals surface area contributed by atoms with E-state index < -0.39 is 0 Å². The van der Waals surface area contributed by atoms with Gasteiger partial charge in [-0.3, -0.25) is 0 Å². The van der Waals surface area contributed by atoms with Crippen molar-refractivity contribution in [2.24, 2.45) is 0 Å². The molecule has 0 aliphatic carbocycles. The van der Waals surface area contributed by atoms with E-state index in [4.69, 9.17) is 4.52 Å². The summed E-state index contributed by atoms with van der Waals surface area (Å²) in [7, 11) is 0. The van der Waals surface area contributed by atoms with Gasteiger partial charge in [0.1, 0.15) is 5.76 Å². The number of nitrogens with zero attached hydrogens (tertiary/aromatic N) is 4. The minimum Gasteiger partial charge on any atom is -0.361 e. The van der Waals surface area contributed by atoms with Gasteiger partial charge in [0.2, 0.25) is 5.95 Å². The van der Waals surface area contributed by atoms with Crippen molar-refractivity contribution in [2.75, 3.05) is 5.32 Å². The molecule has 0 unspecified atom stereocenters. The molecule has 0 aromatic carbocycles. The van der Waals surface area contributed by atoms with Crippen molar-refractivity contribution in [1.29, 1.82) is 0 Å². The summed E-state index contributed by atoms with van der Waals surface area (Å²) in [5.41, 5.74) is 3.92. The van der Waals surface area contributed by atoms with Crippen molar-refractivity contribution in [1.82, 2.24) is 19.8 Å². The lowest BCUT2D eigenvalue weighted by Gasteiger charge is -2.00. The molecule has 6 nitrogen and oxygen atoms in total. The minimum absolute atomic E-state index is 0.602. The highest BCUT2D eigenvalue weighted by molar-refractivity contribution is 5.44. The van der Waals surface area contributed by atoms with E-state index in [-0.39, 0.29) is 0 Å². The Kier molecular flexibility index (Phi) is 2.70. The number of anilines is 1. The second-order valence-electron chi connectivity index (χ2n) is 4.60. The first kappa shape index (κ1) is 11.7. The van der Waals surface area contributed by atoms with Crippen molar-refractivity contribution in [3.05, 3.63) is 40.9 Å². The van der Waals surface area contributed by atoms with Gasteiger partial charge in [0, 0.05) is 18.3 Å². The third-order valence-corrected chi connectivity index (χ3v) is 3.08. The second-order valence-corrected chi connectivity index (χ2v) is 4.60. The van der Waals surface area contributed by atoms with Gasteiger partial charge in [0.05, 0.1) is 5.69 Å². The SMILES string of the molecule is Cc1ccc2nc(NCc3c(C)noc3C)nn2c1. The second kappa shape index (κ2) is 4.38. The zero-order valence-corrected chi connectivity index (χ0v) is 11.1. The number of nitrogens with one attached hydrogen (secondary N) is 1. The van der Waals surface area contributed by atoms with Crippen molar-refractivity contribution in [3.8, 4) is 0 Å². The van der Waals surface area contributed by atoms with Crippen molar-refractivity contribution >= 4 is 11.6 Å². The largest absolute Gasteiger partial charge is 0.361 e. The molecule has 0 spiro atoms. The summed E-state index contributed by atoms with van der Waals surface area (Å²) in [4.78, 5) is 4.40. The maximum absolute atomic E-state index is 5.12. The summed E-state index contributed by atoms with van der Waals surface area (Å²) in [6.45, 7) is 6.46. The number of rotatable bonds is 3. The topological polar surface area (TPSA) is 68.2 Å². The zero-order chi connectivity index (χ0) is 13.4. The molecule has 0 bridgehead atoms. The molecule has 0 amide bonds. The zero-order valence-electron chi connectivity index (χ0n) is 11.1. The average molecular weight is 257 g/mol. The fourth-order valence-electron chi connectivity index (χ4n) is 1.98. The Hall–Kier alpha value is -2.37. The first-order valence-electron chi connectivity index (χ1n) is 6.12. The fourth-order valence-corrected chi connectivity index (χ4v) is 1.98. The number of aromatic nitrogens is 4. The molecule has 3 rings (SSSR count). The maximum Gasteiger partial charge on any atom is 0.243 e. The molecule has 0 atom stereocenters. The summed E-state index contributed by atoms with van der Waals surface area (Å²) in [6.07, 6.45) is 1.95. The van der Waals surface area contributed by atoms with Gasteiger partial charge in [0.25, 0.3) is 0 Å². The Morgan fingerprint density at radius 3 is 2.84 bits per heavy atom. The molecule has 3 aromatic heterocycles. The van der Waals surface area contributed by atoms with Gasteiger partial charge in [-0.15, -0.1) is 5.10 Å². The first-order chi connectivity index (χ1) is 9.13. The average Bonchev–Trinajstić information content (AvgIpc) is 2.91. The molecule has 0 saturated heterocycles. The molecule has 0 fully saturated rings. The van der Waals surface area contributed by atoms with Crippen LogP contribution in [0, 0.1) is 20.8 Å². The summed E-state index contributed by atoms with van der Waals surface area (Å²) >= 11 is 0. The van der Waals surface area contributed by atoms with Crippen LogP contribution in [0.4, 0.5) is 5.95 Å². The van der Waals surface area contributed by atoms with Crippen LogP contribution in [0.25, 0.3) is 5.65 Å². The fraction of sp³-hybridized carbons (Fsp3) is 0.308. The predicted molar refractivity (Wildman–Crippen MR) is 71.0 cm³/mol. The quantitative estimate of drug-likeness (QED) is 0.779. The van der Waals surface area contributed by atoms with Crippen LogP contribution in [-0.2, 0) is 6.54 Å². The Balaban J connectivity index is 1.82. The molecular formula is C13H15N5O. The number of hydrogen-bond donors (Lipinski definition) is 1. The normalized spacial score (nSPS) is 11.1. The van der Waals surface area contributed by atoms with E-state index >= 15 is 0 Å². The Bertz CT molecular complexity index is 708. The Morgan fingerprint density at radius 2 is 2.11 bits per heavy atom. The molecule has 19 heavy (non-hydrogen) atoms. The van der Waals surface area contributed by atoms with Crippen LogP contribution in [-0.4, -0.2) is 19.8 Å². The molecule has 6 heteroatoms. The van der Waals surface area contributed by atoms with Crippen molar-refractivity contribution in [3.63, 3.8) is 0 Å². The van der Waals surface area contributed by atoms with Crippen molar-refractivity contribution in [2.45, 2.75) is 27.3 Å². The van der Waals surface area contributed by atoms with Crippen LogP contribution >= 0.6 is 0 Å². The molecular weight excluding hydrogens is 242 g/mol. The number of pyridine rings is 1. The van der Waals surface area contributed by atoms with Gasteiger partial charge in [-0.05, 0) is 32.4 Å². The number of hydrogen-bond acceptors (Lipinski definition) is 5. The van der Waals surface area contributed by atoms with E-state index in [1.165, 1.54) is 0 Å². The highest BCUT2D eigenvalue weighted by Gasteiger charge is 2.10. The summed E-state index contributed by atoms with van der Waals surface area (Å²) < 4.78 is 6.89. The molecule has 98 valence electrons. The van der Waals surface area contributed by atoms with Crippen LogP contribution in [0.15, 0.2) is 22.9 Å². The van der Waals surface area contributed by atoms with Gasteiger partial charge in [0.15, 0.2) is 5.65 Å². The van der Waals surface area contributed by atoms with E-state index in [9.17, 15) is 0 Å². The monoisotopic (exact) mass is 257 g/mol. The smallest absolute Gasteiger partial charge is 0.243 e. The molecule has 3 heterocycles. The van der Waals surface area contributed by atoms with Gasteiger partial charge < -0.3 is 9.84 Å². The van der Waals surface area contributed by atoms with E-state index in [1.54, 1.807) is 4.52 Å². The Labute approximate surface area is 110 Å². The van der Waals surface area contributed by atoms with Crippen LogP contribution < -0.4 is 5.32 Å². The maximum atomic E-state index is 5.12. The van der Waals surface area contributed by atoms with Crippen molar-refractivity contribution < 1.29 is 4.52 Å². The molecule has 3 aromatic rings. The molecule has 0 saturated carbocycles. The standard InChI is InChI=1S/C13H15N5O/c1-8-4-5-12-15-13(16-18(12)7-8)14-6-11-9(2)17-19-10(11)3/h4-5,7H,6H2,1-3H3,(H,14,16). The molecule has 1 N–H and O–H groups in total. The van der Waals surface area contributed by atoms with Gasteiger partial charge in [-0.2, -0.15) is 4.98 Å². The highest BCUT2D eigenvalue weighted by Crippen LogP contribution is 2.14. The third kappa shape index (κ3) is 2.16. The third-order valence-electron chi connectivity index (χ3n) is 3.08. The summed E-state index contributed by atoms with van der Waals surface area (Å²) in [5, 5.41) is 11.5. The van der Waals surface area contributed by atoms with Crippen LogP contribution in [0.5, 0.6) is 0 Å². The molecule has 0 aliphatic heterocycles. The van der Waals surface area contributed by atoms with E-state index in [0.717, 1.165) is 28.2 Å². The lowest BCUT2D eigenvalue weighted by molar-refractivity contribution is 0.392. The highest BCUT2D eigenvalue weighted by atomic mass is 16.5. The van der Waals surface area contributed by atoms with E-state index in [2.05, 4.69) is 20.6 Å².